The second-order valence-electron chi connectivity index (χ2n) is 5.32. The second kappa shape index (κ2) is 9.80. The predicted octanol–water partition coefficient (Wildman–Crippen LogP) is 3.41. The molecule has 1 amide bonds. The number of anilines is 1. The molecule has 0 bridgehead atoms. The number of aromatic carboxylic acids is 1. The van der Waals surface area contributed by atoms with Crippen LogP contribution in [-0.2, 0) is 9.53 Å². The van der Waals surface area contributed by atoms with Crippen LogP contribution in [0.1, 0.15) is 22.8 Å². The maximum atomic E-state index is 12.1. The molecule has 1 atom stereocenters. The van der Waals surface area contributed by atoms with Gasteiger partial charge in [-0.05, 0) is 48.7 Å². The highest BCUT2D eigenvalue weighted by Crippen LogP contribution is 2.17. The van der Waals surface area contributed by atoms with Gasteiger partial charge < -0.3 is 19.9 Å². The van der Waals surface area contributed by atoms with E-state index >= 15 is 0 Å². The lowest BCUT2D eigenvalue weighted by molar-refractivity contribution is -0.111. The Morgan fingerprint density at radius 2 is 2.04 bits per heavy atom. The van der Waals surface area contributed by atoms with Gasteiger partial charge >= 0.3 is 5.97 Å². The summed E-state index contributed by atoms with van der Waals surface area (Å²) in [5, 5.41) is 11.7. The SMILES string of the molecule is C#CC(OCC)Oc1cccc(C=CC(=O)Nc2ccccc2C(=O)O)c1. The third kappa shape index (κ3) is 6.03. The van der Waals surface area contributed by atoms with E-state index in [9.17, 15) is 9.59 Å². The Kier molecular flexibility index (Phi) is 7.17. The van der Waals surface area contributed by atoms with Crippen LogP contribution in [0.2, 0.25) is 0 Å². The summed E-state index contributed by atoms with van der Waals surface area (Å²) in [4.78, 5) is 23.3. The van der Waals surface area contributed by atoms with Gasteiger partial charge in [-0.1, -0.05) is 24.3 Å². The van der Waals surface area contributed by atoms with E-state index in [1.807, 2.05) is 6.92 Å². The molecular formula is C21H19NO5. The first-order valence-electron chi connectivity index (χ1n) is 8.19. The van der Waals surface area contributed by atoms with Crippen molar-refractivity contribution in [1.29, 1.82) is 0 Å². The van der Waals surface area contributed by atoms with E-state index in [1.165, 1.54) is 18.2 Å². The molecular weight excluding hydrogens is 346 g/mol. The van der Waals surface area contributed by atoms with Crippen molar-refractivity contribution >= 4 is 23.6 Å². The maximum Gasteiger partial charge on any atom is 0.337 e. The van der Waals surface area contributed by atoms with E-state index in [1.54, 1.807) is 42.5 Å². The first-order valence-corrected chi connectivity index (χ1v) is 8.19. The van der Waals surface area contributed by atoms with Crippen LogP contribution in [0, 0.1) is 12.3 Å². The van der Waals surface area contributed by atoms with E-state index in [2.05, 4.69) is 11.2 Å². The van der Waals surface area contributed by atoms with Gasteiger partial charge in [-0.3, -0.25) is 4.79 Å². The Morgan fingerprint density at radius 1 is 1.26 bits per heavy atom. The summed E-state index contributed by atoms with van der Waals surface area (Å²) in [6.45, 7) is 2.24. The van der Waals surface area contributed by atoms with Crippen molar-refractivity contribution in [2.45, 2.75) is 13.2 Å². The quantitative estimate of drug-likeness (QED) is 0.425. The third-order valence-electron chi connectivity index (χ3n) is 3.40. The van der Waals surface area contributed by atoms with Gasteiger partial charge in [0, 0.05) is 12.7 Å². The highest BCUT2D eigenvalue weighted by molar-refractivity contribution is 6.06. The van der Waals surface area contributed by atoms with Crippen LogP contribution in [0.25, 0.3) is 6.08 Å². The fraction of sp³-hybridized carbons (Fsp3) is 0.143. The monoisotopic (exact) mass is 365 g/mol. The number of amides is 1. The predicted molar refractivity (Wildman–Crippen MR) is 102 cm³/mol. The molecule has 2 aromatic rings. The molecule has 2 N–H and O–H groups in total. The van der Waals surface area contributed by atoms with Crippen LogP contribution >= 0.6 is 0 Å². The zero-order chi connectivity index (χ0) is 19.6. The molecule has 0 saturated heterocycles. The van der Waals surface area contributed by atoms with E-state index < -0.39 is 18.2 Å². The molecule has 27 heavy (non-hydrogen) atoms. The minimum absolute atomic E-state index is 0.0193. The minimum atomic E-state index is -1.11. The van der Waals surface area contributed by atoms with Crippen molar-refractivity contribution in [3.8, 4) is 18.1 Å². The molecule has 6 nitrogen and oxygen atoms in total. The average molecular weight is 365 g/mol. The van der Waals surface area contributed by atoms with Crippen LogP contribution in [0.4, 0.5) is 5.69 Å². The highest BCUT2D eigenvalue weighted by Gasteiger charge is 2.10. The lowest BCUT2D eigenvalue weighted by atomic mass is 10.1. The van der Waals surface area contributed by atoms with E-state index in [0.717, 1.165) is 0 Å². The Morgan fingerprint density at radius 3 is 2.74 bits per heavy atom. The number of ether oxygens (including phenoxy) is 2. The second-order valence-corrected chi connectivity index (χ2v) is 5.32. The first kappa shape index (κ1) is 19.8. The number of carboxylic acids is 1. The standard InChI is InChI=1S/C21H19NO5/c1-3-20(26-4-2)27-16-9-7-8-15(14-16)12-13-19(23)22-18-11-6-5-10-17(18)21(24)25/h1,5-14,20H,4H2,2H3,(H,22,23)(H,24,25). The van der Waals surface area contributed by atoms with E-state index in [-0.39, 0.29) is 11.3 Å². The third-order valence-corrected chi connectivity index (χ3v) is 3.40. The number of benzene rings is 2. The van der Waals surface area contributed by atoms with E-state index in [0.29, 0.717) is 17.9 Å². The Hall–Kier alpha value is -3.56. The number of para-hydroxylation sites is 1. The highest BCUT2D eigenvalue weighted by atomic mass is 16.7. The zero-order valence-corrected chi connectivity index (χ0v) is 14.7. The Labute approximate surface area is 157 Å². The van der Waals surface area contributed by atoms with Crippen LogP contribution in [-0.4, -0.2) is 29.9 Å². The van der Waals surface area contributed by atoms with Crippen molar-refractivity contribution in [1.82, 2.24) is 0 Å². The summed E-state index contributed by atoms with van der Waals surface area (Å²) < 4.78 is 10.8. The molecule has 138 valence electrons. The van der Waals surface area contributed by atoms with Crippen molar-refractivity contribution in [3.05, 3.63) is 65.7 Å². The van der Waals surface area contributed by atoms with Gasteiger partial charge in [0.05, 0.1) is 11.3 Å². The van der Waals surface area contributed by atoms with Gasteiger partial charge in [0.1, 0.15) is 5.75 Å². The topological polar surface area (TPSA) is 84.9 Å². The largest absolute Gasteiger partial charge is 0.478 e. The summed E-state index contributed by atoms with van der Waals surface area (Å²) in [5.41, 5.74) is 0.956. The van der Waals surface area contributed by atoms with Crippen molar-refractivity contribution in [3.63, 3.8) is 0 Å². The maximum absolute atomic E-state index is 12.1. The van der Waals surface area contributed by atoms with Crippen LogP contribution < -0.4 is 10.1 Å². The van der Waals surface area contributed by atoms with Crippen molar-refractivity contribution in [2.24, 2.45) is 0 Å². The van der Waals surface area contributed by atoms with Gasteiger partial charge in [0.25, 0.3) is 6.29 Å². The summed E-state index contributed by atoms with van der Waals surface area (Å²) in [6, 6.07) is 13.2. The van der Waals surface area contributed by atoms with Gasteiger partial charge in [-0.2, -0.15) is 0 Å². The van der Waals surface area contributed by atoms with Crippen LogP contribution in [0.15, 0.2) is 54.6 Å². The Bertz CT molecular complexity index is 882. The fourth-order valence-corrected chi connectivity index (χ4v) is 2.21. The number of carbonyl (C=O) groups is 2. The van der Waals surface area contributed by atoms with Crippen molar-refractivity contribution in [2.75, 3.05) is 11.9 Å². The first-order chi connectivity index (χ1) is 13.0. The Balaban J connectivity index is 2.05. The molecule has 2 rings (SSSR count). The van der Waals surface area contributed by atoms with Gasteiger partial charge in [-0.15, -0.1) is 6.42 Å². The van der Waals surface area contributed by atoms with Crippen LogP contribution in [0.3, 0.4) is 0 Å². The number of carbonyl (C=O) groups excluding carboxylic acids is 1. The number of hydrogen-bond acceptors (Lipinski definition) is 4. The lowest BCUT2D eigenvalue weighted by Gasteiger charge is -2.13. The molecule has 0 radical (unpaired) electrons. The number of hydrogen-bond donors (Lipinski definition) is 2. The molecule has 0 aliphatic heterocycles. The number of terminal acetylenes is 1. The molecule has 0 aliphatic rings. The molecule has 0 aromatic heterocycles. The number of nitrogens with one attached hydrogen (secondary N) is 1. The number of carboxylic acid groups (broad SMARTS) is 1. The molecule has 0 saturated carbocycles. The average Bonchev–Trinajstić information content (AvgIpc) is 2.66. The number of rotatable bonds is 8. The van der Waals surface area contributed by atoms with E-state index in [4.69, 9.17) is 21.0 Å². The molecule has 0 heterocycles. The molecule has 0 aliphatic carbocycles. The normalized spacial score (nSPS) is 11.6. The lowest BCUT2D eigenvalue weighted by Crippen LogP contribution is -2.18. The van der Waals surface area contributed by atoms with Gasteiger partial charge in [0.2, 0.25) is 5.91 Å². The molecule has 6 heteroatoms. The smallest absolute Gasteiger partial charge is 0.337 e. The van der Waals surface area contributed by atoms with Crippen molar-refractivity contribution < 1.29 is 24.2 Å². The van der Waals surface area contributed by atoms with Crippen LogP contribution in [0.5, 0.6) is 5.75 Å². The molecule has 1 unspecified atom stereocenters. The molecule has 2 aromatic carbocycles. The van der Waals surface area contributed by atoms with Gasteiger partial charge in [-0.25, -0.2) is 4.79 Å². The summed E-state index contributed by atoms with van der Waals surface area (Å²) in [7, 11) is 0. The summed E-state index contributed by atoms with van der Waals surface area (Å²) >= 11 is 0. The summed E-state index contributed by atoms with van der Waals surface area (Å²) in [5.74, 6) is 1.33. The zero-order valence-electron chi connectivity index (χ0n) is 14.7. The molecule has 0 spiro atoms. The van der Waals surface area contributed by atoms with Gasteiger partial charge in [0.15, 0.2) is 0 Å². The summed E-state index contributed by atoms with van der Waals surface area (Å²) in [6.07, 6.45) is 7.44. The fourth-order valence-electron chi connectivity index (χ4n) is 2.21. The molecule has 0 fully saturated rings. The minimum Gasteiger partial charge on any atom is -0.478 e.